The lowest BCUT2D eigenvalue weighted by Gasteiger charge is -2.20. The van der Waals surface area contributed by atoms with Crippen molar-refractivity contribution < 1.29 is 14.7 Å². The molecule has 0 spiro atoms. The van der Waals surface area contributed by atoms with Gasteiger partial charge in [-0.2, -0.15) is 0 Å². The molecule has 0 bridgehead atoms. The van der Waals surface area contributed by atoms with Crippen LogP contribution in [0.2, 0.25) is 0 Å². The van der Waals surface area contributed by atoms with E-state index in [1.165, 1.54) is 0 Å². The number of fused-ring (bicyclic) bond motifs is 1. The van der Waals surface area contributed by atoms with Gasteiger partial charge in [-0.3, -0.25) is 0 Å². The lowest BCUT2D eigenvalue weighted by atomic mass is 10.0. The number of hydrogen-bond acceptors (Lipinski definition) is 2. The Morgan fingerprint density at radius 1 is 0.914 bits per heavy atom. The molecule has 180 valence electrons. The number of benzene rings is 3. The van der Waals surface area contributed by atoms with Crippen LogP contribution < -0.4 is 16.7 Å². The summed E-state index contributed by atoms with van der Waals surface area (Å²) in [6.07, 6.45) is -0.741. The minimum atomic E-state index is -1.29. The Bertz CT molecular complexity index is 1420. The van der Waals surface area contributed by atoms with Gasteiger partial charge in [-0.25, -0.2) is 9.59 Å². The predicted molar refractivity (Wildman–Crippen MR) is 135 cm³/mol. The number of rotatable bonds is 7. The van der Waals surface area contributed by atoms with E-state index >= 15 is 0 Å². The number of carbonyl (C=O) groups excluding carboxylic acids is 1. The molecule has 3 amide bonds. The number of amides is 3. The van der Waals surface area contributed by atoms with Gasteiger partial charge in [-0.05, 0) is 43.5 Å². The van der Waals surface area contributed by atoms with Gasteiger partial charge in [0.1, 0.15) is 0 Å². The van der Waals surface area contributed by atoms with E-state index in [1.807, 2.05) is 95.8 Å². The van der Waals surface area contributed by atoms with Gasteiger partial charge >= 0.3 is 12.1 Å². The van der Waals surface area contributed by atoms with Gasteiger partial charge in [-0.1, -0.05) is 71.8 Å². The van der Waals surface area contributed by atoms with Gasteiger partial charge in [0.25, 0.3) is 0 Å². The number of nitrogens with zero attached hydrogens (tertiary/aromatic N) is 3. The molecule has 35 heavy (non-hydrogen) atoms. The van der Waals surface area contributed by atoms with Crippen molar-refractivity contribution >= 4 is 23.2 Å². The fourth-order valence-corrected chi connectivity index (χ4v) is 4.30. The number of carbonyl (C=O) groups is 2. The summed E-state index contributed by atoms with van der Waals surface area (Å²) in [5, 5.41) is 12.4. The number of carboxylic acid groups (broad SMARTS) is 1. The first-order valence-electron chi connectivity index (χ1n) is 11.4. The van der Waals surface area contributed by atoms with Crippen LogP contribution in [0.4, 0.5) is 9.59 Å². The molecule has 0 aliphatic rings. The topological polar surface area (TPSA) is 115 Å². The Kier molecular flexibility index (Phi) is 7.01. The number of primary amides is 1. The molecule has 0 fully saturated rings. The van der Waals surface area contributed by atoms with Crippen molar-refractivity contribution in [2.45, 2.75) is 32.9 Å². The van der Waals surface area contributed by atoms with E-state index < -0.39 is 12.1 Å². The summed E-state index contributed by atoms with van der Waals surface area (Å²) in [5.74, 6) is 0. The van der Waals surface area contributed by atoms with Crippen LogP contribution in [0.3, 0.4) is 0 Å². The minimum Gasteiger partial charge on any atom is -0.463 e. The molecule has 1 aromatic heterocycles. The molecule has 1 atom stereocenters. The number of hydrogen-bond donors (Lipinski definition) is 3. The Labute approximate surface area is 203 Å². The van der Waals surface area contributed by atoms with Crippen LogP contribution in [0, 0.1) is 13.8 Å². The largest absolute Gasteiger partial charge is 0.463 e. The lowest BCUT2D eigenvalue weighted by molar-refractivity contribution is 0.203. The van der Waals surface area contributed by atoms with Gasteiger partial charge in [0.05, 0.1) is 23.6 Å². The average Bonchev–Trinajstić information content (AvgIpc) is 3.11. The summed E-state index contributed by atoms with van der Waals surface area (Å²) in [4.78, 5) is 27.5. The second-order valence-corrected chi connectivity index (χ2v) is 8.71. The fraction of sp³-hybridized carbons (Fsp3) is 0.222. The third kappa shape index (κ3) is 5.60. The zero-order chi connectivity index (χ0) is 24.9. The number of urea groups is 1. The molecule has 4 rings (SSSR count). The molecule has 3 aromatic carbocycles. The highest BCUT2D eigenvalue weighted by Gasteiger charge is 2.21. The summed E-state index contributed by atoms with van der Waals surface area (Å²) in [6, 6.07) is 23.0. The number of aryl methyl sites for hydroxylation is 2. The normalized spacial score (nSPS) is 12.6. The molecule has 0 aliphatic heterocycles. The summed E-state index contributed by atoms with van der Waals surface area (Å²) < 4.78 is 3.80. The van der Waals surface area contributed by atoms with Crippen molar-refractivity contribution in [3.63, 3.8) is 0 Å². The first-order chi connectivity index (χ1) is 16.8. The smallest absolute Gasteiger partial charge is 0.434 e. The summed E-state index contributed by atoms with van der Waals surface area (Å²) >= 11 is 0. The van der Waals surface area contributed by atoms with Crippen LogP contribution in [0.25, 0.3) is 11.0 Å². The SMILES string of the molecule is Cc1ccc(CC(CNC(N)=O)n2c(=NC(=O)O)n(Cc3ccc(C)cc3)c3ccccc32)cc1. The van der Waals surface area contributed by atoms with E-state index in [1.54, 1.807) is 0 Å². The third-order valence-corrected chi connectivity index (χ3v) is 6.01. The number of nitrogens with two attached hydrogens (primary N) is 1. The van der Waals surface area contributed by atoms with Gasteiger partial charge in [0.2, 0.25) is 5.62 Å². The third-order valence-electron chi connectivity index (χ3n) is 6.01. The van der Waals surface area contributed by atoms with Crippen molar-refractivity contribution in [2.24, 2.45) is 10.7 Å². The lowest BCUT2D eigenvalue weighted by Crippen LogP contribution is -2.39. The Morgan fingerprint density at radius 3 is 2.06 bits per heavy atom. The highest BCUT2D eigenvalue weighted by molar-refractivity contribution is 5.77. The van der Waals surface area contributed by atoms with E-state index in [2.05, 4.69) is 10.3 Å². The van der Waals surface area contributed by atoms with Crippen LogP contribution in [-0.4, -0.2) is 32.9 Å². The Morgan fingerprint density at radius 2 is 1.49 bits per heavy atom. The Balaban J connectivity index is 1.91. The first-order valence-corrected chi connectivity index (χ1v) is 11.4. The maximum atomic E-state index is 11.8. The molecule has 0 aliphatic carbocycles. The van der Waals surface area contributed by atoms with Gasteiger partial charge in [0.15, 0.2) is 0 Å². The van der Waals surface area contributed by atoms with Crippen LogP contribution in [0.1, 0.15) is 28.3 Å². The Hall–Kier alpha value is -4.33. The number of aromatic nitrogens is 2. The second-order valence-electron chi connectivity index (χ2n) is 8.71. The molecule has 8 nitrogen and oxygen atoms in total. The highest BCUT2D eigenvalue weighted by atomic mass is 16.4. The van der Waals surface area contributed by atoms with E-state index in [-0.39, 0.29) is 12.6 Å². The fourth-order valence-electron chi connectivity index (χ4n) is 4.30. The predicted octanol–water partition coefficient (Wildman–Crippen LogP) is 4.14. The van der Waals surface area contributed by atoms with Crippen molar-refractivity contribution in [3.8, 4) is 0 Å². The molecule has 1 heterocycles. The van der Waals surface area contributed by atoms with Gasteiger partial charge in [0, 0.05) is 6.54 Å². The van der Waals surface area contributed by atoms with E-state index in [9.17, 15) is 14.7 Å². The van der Waals surface area contributed by atoms with Gasteiger partial charge in [-0.15, -0.1) is 4.99 Å². The standard InChI is InChI=1S/C27H29N5O3/c1-18-7-11-20(12-8-18)15-22(16-29-25(28)33)32-24-6-4-3-5-23(24)31(26(32)30-27(34)35)17-21-13-9-19(2)10-14-21/h3-14,22H,15-17H2,1-2H3,(H,34,35)(H3,28,29,33). The maximum Gasteiger partial charge on any atom is 0.434 e. The van der Waals surface area contributed by atoms with E-state index in [0.717, 1.165) is 33.3 Å². The average molecular weight is 472 g/mol. The van der Waals surface area contributed by atoms with E-state index in [0.29, 0.717) is 18.6 Å². The number of para-hydroxylation sites is 2. The molecule has 1 unspecified atom stereocenters. The van der Waals surface area contributed by atoms with Crippen molar-refractivity contribution in [1.29, 1.82) is 0 Å². The van der Waals surface area contributed by atoms with Crippen LogP contribution in [-0.2, 0) is 13.0 Å². The zero-order valence-corrected chi connectivity index (χ0v) is 19.8. The van der Waals surface area contributed by atoms with Crippen molar-refractivity contribution in [3.05, 3.63) is 101 Å². The van der Waals surface area contributed by atoms with Crippen molar-refractivity contribution in [2.75, 3.05) is 6.54 Å². The maximum absolute atomic E-state index is 11.8. The quantitative estimate of drug-likeness (QED) is 0.376. The molecule has 0 saturated carbocycles. The highest BCUT2D eigenvalue weighted by Crippen LogP contribution is 2.22. The molecule has 0 saturated heterocycles. The van der Waals surface area contributed by atoms with Crippen LogP contribution in [0.5, 0.6) is 0 Å². The number of imidazole rings is 1. The molecular weight excluding hydrogens is 442 g/mol. The second kappa shape index (κ2) is 10.3. The number of nitrogens with one attached hydrogen (secondary N) is 1. The van der Waals surface area contributed by atoms with Crippen molar-refractivity contribution in [1.82, 2.24) is 14.5 Å². The molecule has 4 N–H and O–H groups in total. The summed E-state index contributed by atoms with van der Waals surface area (Å²) in [7, 11) is 0. The zero-order valence-electron chi connectivity index (χ0n) is 19.8. The van der Waals surface area contributed by atoms with E-state index in [4.69, 9.17) is 5.73 Å². The minimum absolute atomic E-state index is 0.217. The molecule has 0 radical (unpaired) electrons. The summed E-state index contributed by atoms with van der Waals surface area (Å²) in [5.41, 5.74) is 11.7. The summed E-state index contributed by atoms with van der Waals surface area (Å²) in [6.45, 7) is 4.71. The van der Waals surface area contributed by atoms with Gasteiger partial charge < -0.3 is 25.3 Å². The molecular formula is C27H29N5O3. The van der Waals surface area contributed by atoms with Crippen LogP contribution in [0.15, 0.2) is 77.8 Å². The monoisotopic (exact) mass is 471 g/mol. The molecule has 8 heteroatoms. The molecule has 4 aromatic rings. The van der Waals surface area contributed by atoms with Crippen LogP contribution >= 0.6 is 0 Å². The first kappa shape index (κ1) is 23.8.